The van der Waals surface area contributed by atoms with Crippen LogP contribution in [-0.4, -0.2) is 36.6 Å². The molecule has 0 aliphatic carbocycles. The van der Waals surface area contributed by atoms with Gasteiger partial charge in [0.05, 0.1) is 17.1 Å². The number of rotatable bonds is 6. The molecule has 1 aromatic rings. The predicted octanol–water partition coefficient (Wildman–Crippen LogP) is 0.568. The Bertz CT molecular complexity index is 424. The van der Waals surface area contributed by atoms with Crippen LogP contribution in [0.15, 0.2) is 24.3 Å². The summed E-state index contributed by atoms with van der Waals surface area (Å²) in [7, 11) is 0. The van der Waals surface area contributed by atoms with Crippen LogP contribution < -0.4 is 10.6 Å². The lowest BCUT2D eigenvalue weighted by molar-refractivity contribution is -0.120. The highest BCUT2D eigenvalue weighted by Crippen LogP contribution is 2.14. The van der Waals surface area contributed by atoms with Gasteiger partial charge >= 0.3 is 0 Å². The van der Waals surface area contributed by atoms with Gasteiger partial charge in [-0.05, 0) is 18.6 Å². The van der Waals surface area contributed by atoms with Crippen molar-refractivity contribution in [1.82, 2.24) is 10.6 Å². The fourth-order valence-corrected chi connectivity index (χ4v) is 1.49. The first-order valence-corrected chi connectivity index (χ1v) is 5.93. The van der Waals surface area contributed by atoms with Crippen LogP contribution in [0, 0.1) is 0 Å². The molecule has 6 heteroatoms. The van der Waals surface area contributed by atoms with Crippen LogP contribution in [0.3, 0.4) is 0 Å². The molecular weight excluding hydrogens is 256 g/mol. The van der Waals surface area contributed by atoms with E-state index < -0.39 is 5.91 Å². The van der Waals surface area contributed by atoms with Crippen LogP contribution >= 0.6 is 11.6 Å². The average Bonchev–Trinajstić information content (AvgIpc) is 2.37. The number of carbonyl (C=O) groups is 2. The van der Waals surface area contributed by atoms with Gasteiger partial charge in [-0.25, -0.2) is 0 Å². The molecule has 5 nitrogen and oxygen atoms in total. The number of aliphatic hydroxyl groups excluding tert-OH is 1. The van der Waals surface area contributed by atoms with Gasteiger partial charge in [0.15, 0.2) is 0 Å². The Labute approximate surface area is 110 Å². The monoisotopic (exact) mass is 270 g/mol. The van der Waals surface area contributed by atoms with E-state index in [1.54, 1.807) is 24.3 Å². The highest BCUT2D eigenvalue weighted by Gasteiger charge is 2.10. The third kappa shape index (κ3) is 4.73. The number of carbonyl (C=O) groups excluding carboxylic acids is 2. The van der Waals surface area contributed by atoms with Gasteiger partial charge in [-0.1, -0.05) is 23.7 Å². The predicted molar refractivity (Wildman–Crippen MR) is 68.5 cm³/mol. The smallest absolute Gasteiger partial charge is 0.253 e. The quantitative estimate of drug-likeness (QED) is 0.661. The molecule has 98 valence electrons. The minimum absolute atomic E-state index is 0.0201. The summed E-state index contributed by atoms with van der Waals surface area (Å²) in [6.45, 7) is 0.291. The van der Waals surface area contributed by atoms with Gasteiger partial charge in [0.1, 0.15) is 0 Å². The molecule has 3 N–H and O–H groups in total. The zero-order chi connectivity index (χ0) is 13.4. The van der Waals surface area contributed by atoms with Crippen molar-refractivity contribution in [3.8, 4) is 0 Å². The summed E-state index contributed by atoms with van der Waals surface area (Å²) in [6.07, 6.45) is 0.490. The summed E-state index contributed by atoms with van der Waals surface area (Å²) in [5, 5.41) is 13.9. The molecule has 0 fully saturated rings. The largest absolute Gasteiger partial charge is 0.396 e. The Balaban J connectivity index is 2.38. The first kappa shape index (κ1) is 14.5. The molecule has 1 aromatic carbocycles. The zero-order valence-corrected chi connectivity index (χ0v) is 10.5. The molecule has 0 radical (unpaired) electrons. The molecule has 0 aromatic heterocycles. The lowest BCUT2D eigenvalue weighted by Gasteiger charge is -2.07. The molecular formula is C12H15ClN2O3. The standard InChI is InChI=1S/C12H15ClN2O3/c13-10-5-2-1-4-9(10)12(18)15-8-11(17)14-6-3-7-16/h1-2,4-5,16H,3,6-8H2,(H,14,17)(H,15,18). The molecule has 0 unspecified atom stereocenters. The van der Waals surface area contributed by atoms with Crippen LogP contribution in [-0.2, 0) is 4.79 Å². The van der Waals surface area contributed by atoms with E-state index in [-0.39, 0.29) is 19.1 Å². The van der Waals surface area contributed by atoms with Crippen molar-refractivity contribution in [2.45, 2.75) is 6.42 Å². The van der Waals surface area contributed by atoms with Crippen molar-refractivity contribution >= 4 is 23.4 Å². The summed E-state index contributed by atoms with van der Waals surface area (Å²) in [5.74, 6) is -0.693. The highest BCUT2D eigenvalue weighted by atomic mass is 35.5. The maximum Gasteiger partial charge on any atom is 0.253 e. The normalized spacial score (nSPS) is 9.89. The second-order valence-corrected chi connectivity index (χ2v) is 4.00. The molecule has 0 saturated heterocycles. The number of hydrogen-bond acceptors (Lipinski definition) is 3. The molecule has 0 aliphatic rings. The first-order chi connectivity index (χ1) is 8.65. The van der Waals surface area contributed by atoms with E-state index >= 15 is 0 Å². The topological polar surface area (TPSA) is 78.4 Å². The fourth-order valence-electron chi connectivity index (χ4n) is 1.27. The van der Waals surface area contributed by atoms with Crippen molar-refractivity contribution in [2.24, 2.45) is 0 Å². The van der Waals surface area contributed by atoms with E-state index in [0.717, 1.165) is 0 Å². The molecule has 1 rings (SSSR count). The molecule has 0 aliphatic heterocycles. The van der Waals surface area contributed by atoms with Gasteiger partial charge in [-0.15, -0.1) is 0 Å². The zero-order valence-electron chi connectivity index (χ0n) is 9.78. The maximum absolute atomic E-state index is 11.7. The van der Waals surface area contributed by atoms with Crippen molar-refractivity contribution < 1.29 is 14.7 Å². The van der Waals surface area contributed by atoms with Gasteiger partial charge < -0.3 is 15.7 Å². The summed E-state index contributed by atoms with van der Waals surface area (Å²) >= 11 is 5.85. The Morgan fingerprint density at radius 3 is 2.61 bits per heavy atom. The summed E-state index contributed by atoms with van der Waals surface area (Å²) in [5.41, 5.74) is 0.335. The first-order valence-electron chi connectivity index (χ1n) is 5.55. The van der Waals surface area contributed by atoms with Gasteiger partial charge in [0.25, 0.3) is 5.91 Å². The maximum atomic E-state index is 11.7. The van der Waals surface area contributed by atoms with Crippen molar-refractivity contribution in [1.29, 1.82) is 0 Å². The SMILES string of the molecule is O=C(CNC(=O)c1ccccc1Cl)NCCCO. The minimum atomic E-state index is -0.391. The van der Waals surface area contributed by atoms with E-state index in [4.69, 9.17) is 16.7 Å². The van der Waals surface area contributed by atoms with Crippen LogP contribution in [0.4, 0.5) is 0 Å². The summed E-state index contributed by atoms with van der Waals surface area (Å²) < 4.78 is 0. The van der Waals surface area contributed by atoms with Gasteiger partial charge in [-0.3, -0.25) is 9.59 Å². The van der Waals surface area contributed by atoms with Gasteiger partial charge in [-0.2, -0.15) is 0 Å². The third-order valence-electron chi connectivity index (χ3n) is 2.19. The number of benzene rings is 1. The van der Waals surface area contributed by atoms with Crippen LogP contribution in [0.2, 0.25) is 5.02 Å². The third-order valence-corrected chi connectivity index (χ3v) is 2.51. The lowest BCUT2D eigenvalue weighted by atomic mass is 10.2. The molecule has 2 amide bonds. The van der Waals surface area contributed by atoms with E-state index in [9.17, 15) is 9.59 Å². The summed E-state index contributed by atoms with van der Waals surface area (Å²) in [4.78, 5) is 23.0. The Morgan fingerprint density at radius 2 is 1.94 bits per heavy atom. The van der Waals surface area contributed by atoms with Gasteiger partial charge in [0, 0.05) is 13.2 Å². The summed E-state index contributed by atoms with van der Waals surface area (Å²) in [6, 6.07) is 6.61. The second-order valence-electron chi connectivity index (χ2n) is 3.59. The number of halogens is 1. The fraction of sp³-hybridized carbons (Fsp3) is 0.333. The minimum Gasteiger partial charge on any atom is -0.396 e. The Kier molecular flexibility index (Phi) is 6.18. The number of amides is 2. The van der Waals surface area contributed by atoms with Gasteiger partial charge in [0.2, 0.25) is 5.91 Å². The molecule has 0 spiro atoms. The number of hydrogen-bond donors (Lipinski definition) is 3. The average molecular weight is 271 g/mol. The van der Waals surface area contributed by atoms with E-state index in [1.165, 1.54) is 0 Å². The van der Waals surface area contributed by atoms with Crippen molar-refractivity contribution in [2.75, 3.05) is 19.7 Å². The number of aliphatic hydroxyl groups is 1. The van der Waals surface area contributed by atoms with Crippen LogP contribution in [0.5, 0.6) is 0 Å². The molecule has 0 bridgehead atoms. The molecule has 0 saturated carbocycles. The van der Waals surface area contributed by atoms with Crippen molar-refractivity contribution in [3.63, 3.8) is 0 Å². The van der Waals surface area contributed by atoms with Crippen molar-refractivity contribution in [3.05, 3.63) is 34.9 Å². The lowest BCUT2D eigenvalue weighted by Crippen LogP contribution is -2.37. The van der Waals surface area contributed by atoms with E-state index in [0.29, 0.717) is 23.6 Å². The van der Waals surface area contributed by atoms with Crippen LogP contribution in [0.25, 0.3) is 0 Å². The number of nitrogens with one attached hydrogen (secondary N) is 2. The Morgan fingerprint density at radius 1 is 1.22 bits per heavy atom. The highest BCUT2D eigenvalue weighted by molar-refractivity contribution is 6.33. The van der Waals surface area contributed by atoms with E-state index in [1.807, 2.05) is 0 Å². The second kappa shape index (κ2) is 7.68. The van der Waals surface area contributed by atoms with E-state index in [2.05, 4.69) is 10.6 Å². The van der Waals surface area contributed by atoms with Crippen LogP contribution in [0.1, 0.15) is 16.8 Å². The molecule has 18 heavy (non-hydrogen) atoms. The Hall–Kier alpha value is -1.59. The molecule has 0 atom stereocenters. The molecule has 0 heterocycles.